The van der Waals surface area contributed by atoms with Gasteiger partial charge in [-0.3, -0.25) is 0 Å². The van der Waals surface area contributed by atoms with Gasteiger partial charge in [-0.1, -0.05) is 18.2 Å². The van der Waals surface area contributed by atoms with E-state index in [1.165, 1.54) is 6.07 Å². The van der Waals surface area contributed by atoms with Gasteiger partial charge >= 0.3 is 0 Å². The fraction of sp³-hybridized carbons (Fsp3) is 0.308. The van der Waals surface area contributed by atoms with Crippen LogP contribution in [0.5, 0.6) is 0 Å². The average molecular weight is 250 g/mol. The van der Waals surface area contributed by atoms with E-state index in [0.717, 1.165) is 10.7 Å². The van der Waals surface area contributed by atoms with Crippen LogP contribution in [-0.4, -0.2) is 12.0 Å². The third-order valence-corrected chi connectivity index (χ3v) is 3.61. The average Bonchev–Trinajstić information content (AvgIpc) is 2.80. The predicted molar refractivity (Wildman–Crippen MR) is 68.8 cm³/mol. The van der Waals surface area contributed by atoms with E-state index in [1.54, 1.807) is 23.5 Å². The van der Waals surface area contributed by atoms with Crippen LogP contribution in [0.3, 0.4) is 0 Å². The van der Waals surface area contributed by atoms with Crippen molar-refractivity contribution in [3.05, 3.63) is 51.7 Å². The fourth-order valence-electron chi connectivity index (χ4n) is 1.56. The van der Waals surface area contributed by atoms with Gasteiger partial charge in [-0.05, 0) is 25.6 Å². The number of benzene rings is 1. The molecule has 0 radical (unpaired) electrons. The summed E-state index contributed by atoms with van der Waals surface area (Å²) < 4.78 is 13.5. The number of thiazole rings is 1. The molecule has 1 aromatic heterocycles. The Morgan fingerprint density at radius 2 is 2.18 bits per heavy atom. The smallest absolute Gasteiger partial charge is 0.126 e. The zero-order chi connectivity index (χ0) is 12.3. The minimum atomic E-state index is -0.161. The van der Waals surface area contributed by atoms with Crippen molar-refractivity contribution in [2.45, 2.75) is 19.4 Å². The van der Waals surface area contributed by atoms with Crippen LogP contribution in [0.25, 0.3) is 0 Å². The summed E-state index contributed by atoms with van der Waals surface area (Å²) in [6.45, 7) is 2.06. The molecular weight excluding hydrogens is 235 g/mol. The van der Waals surface area contributed by atoms with Crippen LogP contribution in [0.2, 0.25) is 0 Å². The molecule has 90 valence electrons. The van der Waals surface area contributed by atoms with Crippen LogP contribution < -0.4 is 5.32 Å². The molecule has 2 rings (SSSR count). The van der Waals surface area contributed by atoms with Gasteiger partial charge in [-0.2, -0.15) is 0 Å². The quantitative estimate of drug-likeness (QED) is 0.901. The summed E-state index contributed by atoms with van der Waals surface area (Å²) in [4.78, 5) is 4.51. The molecule has 0 aliphatic carbocycles. The minimum Gasteiger partial charge on any atom is -0.312 e. The molecule has 2 nitrogen and oxygen atoms in total. The third kappa shape index (κ3) is 2.90. The topological polar surface area (TPSA) is 24.9 Å². The van der Waals surface area contributed by atoms with E-state index in [2.05, 4.69) is 17.2 Å². The molecule has 0 amide bonds. The lowest BCUT2D eigenvalue weighted by Crippen LogP contribution is -2.12. The summed E-state index contributed by atoms with van der Waals surface area (Å²) in [5, 5.41) is 6.12. The molecule has 0 saturated heterocycles. The van der Waals surface area contributed by atoms with Gasteiger partial charge in [0.1, 0.15) is 5.82 Å². The van der Waals surface area contributed by atoms with E-state index in [1.807, 2.05) is 18.5 Å². The minimum absolute atomic E-state index is 0.161. The van der Waals surface area contributed by atoms with Gasteiger partial charge in [-0.15, -0.1) is 11.3 Å². The lowest BCUT2D eigenvalue weighted by molar-refractivity contribution is 0.612. The first-order chi connectivity index (χ1) is 8.20. The van der Waals surface area contributed by atoms with Crippen molar-refractivity contribution in [1.29, 1.82) is 0 Å². The van der Waals surface area contributed by atoms with E-state index in [-0.39, 0.29) is 11.9 Å². The molecule has 1 atom stereocenters. The van der Waals surface area contributed by atoms with Gasteiger partial charge < -0.3 is 5.32 Å². The van der Waals surface area contributed by atoms with Crippen molar-refractivity contribution in [3.8, 4) is 0 Å². The van der Waals surface area contributed by atoms with Gasteiger partial charge in [-0.25, -0.2) is 9.37 Å². The summed E-state index contributed by atoms with van der Waals surface area (Å²) in [7, 11) is 1.90. The molecule has 4 heteroatoms. The van der Waals surface area contributed by atoms with E-state index in [9.17, 15) is 4.39 Å². The first-order valence-corrected chi connectivity index (χ1v) is 6.43. The monoisotopic (exact) mass is 250 g/mol. The molecule has 17 heavy (non-hydrogen) atoms. The standard InChI is InChI=1S/C13H15FN2S/c1-9(15-2)12-8-17-13(16-12)7-10-5-3-4-6-11(10)14/h3-6,8-9,15H,7H2,1-2H3. The van der Waals surface area contributed by atoms with Crippen LogP contribution in [0.15, 0.2) is 29.6 Å². The van der Waals surface area contributed by atoms with Gasteiger partial charge in [0.15, 0.2) is 0 Å². The molecule has 0 fully saturated rings. The first-order valence-electron chi connectivity index (χ1n) is 5.55. The van der Waals surface area contributed by atoms with Crippen molar-refractivity contribution in [3.63, 3.8) is 0 Å². The molecule has 0 aliphatic heterocycles. The molecule has 0 aliphatic rings. The Balaban J connectivity index is 2.14. The predicted octanol–water partition coefficient (Wildman–Crippen LogP) is 3.15. The molecule has 2 aromatic rings. The van der Waals surface area contributed by atoms with E-state index < -0.39 is 0 Å². The van der Waals surface area contributed by atoms with Crippen LogP contribution in [0.4, 0.5) is 4.39 Å². The molecule has 1 N–H and O–H groups in total. The van der Waals surface area contributed by atoms with Crippen molar-refractivity contribution in [2.24, 2.45) is 0 Å². The number of aromatic nitrogens is 1. The Bertz CT molecular complexity index is 496. The summed E-state index contributed by atoms with van der Waals surface area (Å²) in [6, 6.07) is 7.08. The van der Waals surface area contributed by atoms with Crippen LogP contribution in [-0.2, 0) is 6.42 Å². The maximum Gasteiger partial charge on any atom is 0.126 e. The second-order valence-corrected chi connectivity index (χ2v) is 4.89. The zero-order valence-electron chi connectivity index (χ0n) is 9.90. The normalized spacial score (nSPS) is 12.6. The number of nitrogens with one attached hydrogen (secondary N) is 1. The van der Waals surface area contributed by atoms with Gasteiger partial charge in [0.25, 0.3) is 0 Å². The van der Waals surface area contributed by atoms with E-state index in [4.69, 9.17) is 0 Å². The highest BCUT2D eigenvalue weighted by molar-refractivity contribution is 7.09. The lowest BCUT2D eigenvalue weighted by Gasteiger charge is -2.05. The molecule has 0 saturated carbocycles. The highest BCUT2D eigenvalue weighted by Crippen LogP contribution is 2.20. The van der Waals surface area contributed by atoms with Crippen LogP contribution in [0.1, 0.15) is 29.2 Å². The molecule has 1 aromatic carbocycles. The maximum atomic E-state index is 13.5. The van der Waals surface area contributed by atoms with Crippen molar-refractivity contribution in [2.75, 3.05) is 7.05 Å². The lowest BCUT2D eigenvalue weighted by atomic mass is 10.1. The summed E-state index contributed by atoms with van der Waals surface area (Å²) >= 11 is 1.58. The SMILES string of the molecule is CNC(C)c1csc(Cc2ccccc2F)n1. The second kappa shape index (κ2) is 5.38. The number of rotatable bonds is 4. The number of nitrogens with zero attached hydrogens (tertiary/aromatic N) is 1. The number of halogens is 1. The van der Waals surface area contributed by atoms with Crippen molar-refractivity contribution >= 4 is 11.3 Å². The molecule has 1 unspecified atom stereocenters. The highest BCUT2D eigenvalue weighted by atomic mass is 32.1. The zero-order valence-corrected chi connectivity index (χ0v) is 10.7. The third-order valence-electron chi connectivity index (χ3n) is 2.75. The maximum absolute atomic E-state index is 13.5. The highest BCUT2D eigenvalue weighted by Gasteiger charge is 2.09. The van der Waals surface area contributed by atoms with E-state index in [0.29, 0.717) is 12.0 Å². The van der Waals surface area contributed by atoms with Crippen molar-refractivity contribution in [1.82, 2.24) is 10.3 Å². The Kier molecular flexibility index (Phi) is 3.86. The van der Waals surface area contributed by atoms with Gasteiger partial charge in [0.2, 0.25) is 0 Å². The number of hydrogen-bond acceptors (Lipinski definition) is 3. The second-order valence-electron chi connectivity index (χ2n) is 3.94. The van der Waals surface area contributed by atoms with Gasteiger partial charge in [0.05, 0.1) is 10.7 Å². The first kappa shape index (κ1) is 12.2. The number of hydrogen-bond donors (Lipinski definition) is 1. The van der Waals surface area contributed by atoms with Crippen molar-refractivity contribution < 1.29 is 4.39 Å². The Morgan fingerprint density at radius 1 is 1.41 bits per heavy atom. The Labute approximate surface area is 105 Å². The summed E-state index contributed by atoms with van der Waals surface area (Å²) in [6.07, 6.45) is 0.563. The molecule has 0 spiro atoms. The Morgan fingerprint density at radius 3 is 2.88 bits per heavy atom. The molecule has 0 bridgehead atoms. The Hall–Kier alpha value is -1.26. The molecular formula is C13H15FN2S. The van der Waals surface area contributed by atoms with Crippen LogP contribution in [0, 0.1) is 5.82 Å². The summed E-state index contributed by atoms with van der Waals surface area (Å²) in [5.74, 6) is -0.161. The van der Waals surface area contributed by atoms with Gasteiger partial charge in [0, 0.05) is 17.8 Å². The summed E-state index contributed by atoms with van der Waals surface area (Å²) in [5.41, 5.74) is 1.72. The van der Waals surface area contributed by atoms with Crippen LogP contribution >= 0.6 is 11.3 Å². The van der Waals surface area contributed by atoms with E-state index >= 15 is 0 Å². The largest absolute Gasteiger partial charge is 0.312 e. The molecule has 1 heterocycles. The fourth-order valence-corrected chi connectivity index (χ4v) is 2.47.